The molecular formula is C8H14F3NO. The van der Waals surface area contributed by atoms with E-state index in [1.807, 2.05) is 12.2 Å². The Labute approximate surface area is 75.5 Å². The Morgan fingerprint density at radius 1 is 1.31 bits per heavy atom. The van der Waals surface area contributed by atoms with Crippen LogP contribution in [0.1, 0.15) is 27.2 Å². The Hall–Kier alpha value is -0.740. The number of hydrogen-bond acceptors (Lipinski definition) is 1. The number of carbonyl (C=O) groups is 1. The van der Waals surface area contributed by atoms with Crippen molar-refractivity contribution in [1.82, 2.24) is 5.32 Å². The van der Waals surface area contributed by atoms with Crippen LogP contribution in [0.3, 0.4) is 0 Å². The molecule has 0 aromatic rings. The quantitative estimate of drug-likeness (QED) is 0.737. The van der Waals surface area contributed by atoms with Gasteiger partial charge in [0, 0.05) is 6.54 Å². The van der Waals surface area contributed by atoms with Crippen molar-refractivity contribution in [3.63, 3.8) is 0 Å². The molecule has 0 saturated carbocycles. The van der Waals surface area contributed by atoms with Gasteiger partial charge in [-0.2, -0.15) is 13.2 Å². The second-order valence-electron chi connectivity index (χ2n) is 3.70. The average Bonchev–Trinajstić information content (AvgIpc) is 1.98. The minimum absolute atomic E-state index is 0.0435. The van der Waals surface area contributed by atoms with Crippen molar-refractivity contribution in [3.8, 4) is 0 Å². The summed E-state index contributed by atoms with van der Waals surface area (Å²) in [5, 5.41) is 1.85. The van der Waals surface area contributed by atoms with Gasteiger partial charge >= 0.3 is 12.1 Å². The van der Waals surface area contributed by atoms with Crippen LogP contribution in [0.25, 0.3) is 0 Å². The zero-order valence-electron chi connectivity index (χ0n) is 7.96. The molecule has 0 atom stereocenters. The highest BCUT2D eigenvalue weighted by Crippen LogP contribution is 2.19. The lowest BCUT2D eigenvalue weighted by molar-refractivity contribution is -0.174. The summed E-state index contributed by atoms with van der Waals surface area (Å²) in [6, 6.07) is 0. The third kappa shape index (κ3) is 4.75. The molecule has 0 spiro atoms. The maximum atomic E-state index is 11.7. The van der Waals surface area contributed by atoms with Crippen molar-refractivity contribution in [1.29, 1.82) is 0 Å². The molecule has 0 radical (unpaired) electrons. The van der Waals surface area contributed by atoms with Gasteiger partial charge in [-0.3, -0.25) is 4.79 Å². The van der Waals surface area contributed by atoms with Gasteiger partial charge in [-0.1, -0.05) is 20.8 Å². The highest BCUT2D eigenvalue weighted by Gasteiger charge is 2.38. The van der Waals surface area contributed by atoms with E-state index in [0.29, 0.717) is 6.42 Å². The van der Waals surface area contributed by atoms with Gasteiger partial charge in [0.05, 0.1) is 0 Å². The molecule has 13 heavy (non-hydrogen) atoms. The van der Waals surface area contributed by atoms with E-state index in [0.717, 1.165) is 0 Å². The highest BCUT2D eigenvalue weighted by molar-refractivity contribution is 5.81. The van der Waals surface area contributed by atoms with E-state index in [9.17, 15) is 18.0 Å². The van der Waals surface area contributed by atoms with E-state index < -0.39 is 12.1 Å². The van der Waals surface area contributed by atoms with Crippen LogP contribution in [0.4, 0.5) is 13.2 Å². The maximum absolute atomic E-state index is 11.7. The van der Waals surface area contributed by atoms with Crippen LogP contribution in [-0.2, 0) is 4.79 Å². The van der Waals surface area contributed by atoms with Gasteiger partial charge in [-0.05, 0) is 11.8 Å². The molecule has 0 unspecified atom stereocenters. The summed E-state index contributed by atoms with van der Waals surface area (Å²) in [4.78, 5) is 10.4. The molecule has 0 aliphatic heterocycles. The minimum Gasteiger partial charge on any atom is -0.348 e. The Kier molecular flexibility index (Phi) is 3.75. The number of nitrogens with one attached hydrogen (secondary N) is 1. The molecule has 0 heterocycles. The molecule has 0 aliphatic carbocycles. The number of carbonyl (C=O) groups excluding carboxylic acids is 1. The van der Waals surface area contributed by atoms with Crippen LogP contribution in [-0.4, -0.2) is 18.6 Å². The Balaban J connectivity index is 3.98. The van der Waals surface area contributed by atoms with Gasteiger partial charge in [0.25, 0.3) is 0 Å². The molecule has 1 amide bonds. The first-order valence-corrected chi connectivity index (χ1v) is 4.04. The third-order valence-electron chi connectivity index (χ3n) is 1.94. The van der Waals surface area contributed by atoms with Gasteiger partial charge in [-0.25, -0.2) is 0 Å². The van der Waals surface area contributed by atoms with Crippen molar-refractivity contribution >= 4 is 5.91 Å². The molecule has 2 nitrogen and oxygen atoms in total. The zero-order chi connectivity index (χ0) is 10.7. The van der Waals surface area contributed by atoms with Crippen LogP contribution < -0.4 is 5.32 Å². The lowest BCUT2D eigenvalue weighted by atomic mass is 9.90. The summed E-state index contributed by atoms with van der Waals surface area (Å²) in [5.41, 5.74) is -0.291. The Morgan fingerprint density at radius 2 is 1.77 bits per heavy atom. The fourth-order valence-corrected chi connectivity index (χ4v) is 0.545. The fraction of sp³-hybridized carbons (Fsp3) is 0.875. The standard InChI is InChI=1S/C8H14F3NO/c1-4-7(2,3)5-12-6(13)8(9,10)11/h4-5H2,1-3H3,(H,12,13). The molecule has 0 rings (SSSR count). The van der Waals surface area contributed by atoms with Crippen LogP contribution >= 0.6 is 0 Å². The van der Waals surface area contributed by atoms with Gasteiger partial charge < -0.3 is 5.32 Å². The zero-order valence-corrected chi connectivity index (χ0v) is 7.96. The Morgan fingerprint density at radius 3 is 2.08 bits per heavy atom. The summed E-state index contributed by atoms with van der Waals surface area (Å²) in [6.45, 7) is 5.49. The summed E-state index contributed by atoms with van der Waals surface area (Å²) < 4.78 is 35.1. The van der Waals surface area contributed by atoms with Gasteiger partial charge in [0.15, 0.2) is 0 Å². The van der Waals surface area contributed by atoms with E-state index in [2.05, 4.69) is 0 Å². The largest absolute Gasteiger partial charge is 0.471 e. The fourth-order valence-electron chi connectivity index (χ4n) is 0.545. The van der Waals surface area contributed by atoms with Crippen molar-refractivity contribution < 1.29 is 18.0 Å². The number of amides is 1. The van der Waals surface area contributed by atoms with E-state index >= 15 is 0 Å². The van der Waals surface area contributed by atoms with Crippen LogP contribution in [0, 0.1) is 5.41 Å². The first-order chi connectivity index (χ1) is 5.69. The highest BCUT2D eigenvalue weighted by atomic mass is 19.4. The topological polar surface area (TPSA) is 29.1 Å². The summed E-state index contributed by atoms with van der Waals surface area (Å²) in [5.74, 6) is -1.87. The smallest absolute Gasteiger partial charge is 0.348 e. The third-order valence-corrected chi connectivity index (χ3v) is 1.94. The summed E-state index contributed by atoms with van der Waals surface area (Å²) in [7, 11) is 0. The minimum atomic E-state index is -4.77. The predicted octanol–water partition coefficient (Wildman–Crippen LogP) is 2.10. The van der Waals surface area contributed by atoms with E-state index in [-0.39, 0.29) is 12.0 Å². The lowest BCUT2D eigenvalue weighted by Gasteiger charge is -2.23. The second-order valence-corrected chi connectivity index (χ2v) is 3.70. The molecule has 0 saturated heterocycles. The molecule has 78 valence electrons. The van der Waals surface area contributed by atoms with Crippen molar-refractivity contribution in [2.75, 3.05) is 6.54 Å². The molecule has 0 fully saturated rings. The number of rotatable bonds is 3. The summed E-state index contributed by atoms with van der Waals surface area (Å²) >= 11 is 0. The first kappa shape index (κ1) is 12.3. The number of hydrogen-bond donors (Lipinski definition) is 1. The normalized spacial score (nSPS) is 12.8. The molecule has 0 bridgehead atoms. The molecule has 5 heteroatoms. The summed E-state index contributed by atoms with van der Waals surface area (Å²) in [6.07, 6.45) is -4.06. The lowest BCUT2D eigenvalue weighted by Crippen LogP contribution is -2.41. The monoisotopic (exact) mass is 197 g/mol. The SMILES string of the molecule is CCC(C)(C)CNC(=O)C(F)(F)F. The van der Waals surface area contributed by atoms with Gasteiger partial charge in [-0.15, -0.1) is 0 Å². The molecule has 1 N–H and O–H groups in total. The van der Waals surface area contributed by atoms with Crippen LogP contribution in [0.2, 0.25) is 0 Å². The van der Waals surface area contributed by atoms with E-state index in [1.54, 1.807) is 13.8 Å². The second kappa shape index (κ2) is 3.98. The van der Waals surface area contributed by atoms with Crippen molar-refractivity contribution in [3.05, 3.63) is 0 Å². The van der Waals surface area contributed by atoms with Crippen LogP contribution in [0.15, 0.2) is 0 Å². The first-order valence-electron chi connectivity index (χ1n) is 4.04. The number of alkyl halides is 3. The molecular weight excluding hydrogens is 183 g/mol. The average molecular weight is 197 g/mol. The van der Waals surface area contributed by atoms with Gasteiger partial charge in [0.2, 0.25) is 0 Å². The molecule has 0 aromatic carbocycles. The molecule has 0 aliphatic rings. The maximum Gasteiger partial charge on any atom is 0.471 e. The Bertz CT molecular complexity index is 186. The number of halogens is 3. The predicted molar refractivity (Wildman–Crippen MR) is 43.1 cm³/mol. The van der Waals surface area contributed by atoms with Crippen molar-refractivity contribution in [2.45, 2.75) is 33.4 Å². The van der Waals surface area contributed by atoms with E-state index in [1.165, 1.54) is 0 Å². The van der Waals surface area contributed by atoms with Crippen LogP contribution in [0.5, 0.6) is 0 Å². The molecule has 0 aromatic heterocycles. The van der Waals surface area contributed by atoms with E-state index in [4.69, 9.17) is 0 Å². The van der Waals surface area contributed by atoms with Crippen molar-refractivity contribution in [2.24, 2.45) is 5.41 Å². The van der Waals surface area contributed by atoms with Gasteiger partial charge in [0.1, 0.15) is 0 Å².